The molecule has 5 N–H and O–H groups in total. The molecule has 3 heterocycles. The van der Waals surface area contributed by atoms with Crippen LogP contribution in [0.3, 0.4) is 0 Å². The smallest absolute Gasteiger partial charge is 0.266 e. The van der Waals surface area contributed by atoms with Gasteiger partial charge in [-0.25, -0.2) is 4.99 Å². The number of aliphatic imine (C=N–C) groups is 1. The minimum Gasteiger partial charge on any atom is -0.508 e. The van der Waals surface area contributed by atoms with Gasteiger partial charge in [-0.1, -0.05) is 54.6 Å². The van der Waals surface area contributed by atoms with Crippen molar-refractivity contribution in [3.8, 4) is 11.5 Å². The van der Waals surface area contributed by atoms with Gasteiger partial charge >= 0.3 is 0 Å². The maximum Gasteiger partial charge on any atom is 0.266 e. The highest BCUT2D eigenvalue weighted by Crippen LogP contribution is 2.41. The van der Waals surface area contributed by atoms with Crippen LogP contribution in [0.2, 0.25) is 0 Å². The Hall–Kier alpha value is -4.58. The molecular formula is C30H24N4O5S2. The molecule has 1 atom stereocenters. The van der Waals surface area contributed by atoms with Crippen molar-refractivity contribution in [2.24, 2.45) is 4.99 Å². The molecule has 1 amide bonds. The van der Waals surface area contributed by atoms with Gasteiger partial charge in [0.05, 0.1) is 28.6 Å². The van der Waals surface area contributed by atoms with Gasteiger partial charge in [-0.2, -0.15) is 0 Å². The lowest BCUT2D eigenvalue weighted by molar-refractivity contribution is 0.0914. The van der Waals surface area contributed by atoms with Crippen LogP contribution in [-0.2, 0) is 6.54 Å². The van der Waals surface area contributed by atoms with Crippen molar-refractivity contribution in [3.63, 3.8) is 0 Å². The molecule has 0 bridgehead atoms. The third kappa shape index (κ3) is 5.18. The van der Waals surface area contributed by atoms with Crippen LogP contribution in [0, 0.1) is 0 Å². The van der Waals surface area contributed by atoms with Crippen molar-refractivity contribution in [1.29, 1.82) is 0 Å². The normalized spacial score (nSPS) is 13.2. The molecule has 2 aromatic heterocycles. The van der Waals surface area contributed by atoms with E-state index in [0.29, 0.717) is 38.5 Å². The number of benzene rings is 3. The number of nitrogens with one attached hydrogen (secondary N) is 2. The molecule has 0 saturated carbocycles. The number of carbonyl (C=O) groups excluding carboxylic acids is 1. The number of phenolic OH excluding ortho intramolecular Hbond substituents is 1. The lowest BCUT2D eigenvalue weighted by atomic mass is 10.1. The van der Waals surface area contributed by atoms with Crippen molar-refractivity contribution in [2.45, 2.75) is 17.5 Å². The van der Waals surface area contributed by atoms with Gasteiger partial charge in [-0.15, -0.1) is 11.3 Å². The molecule has 0 fully saturated rings. The van der Waals surface area contributed by atoms with Crippen molar-refractivity contribution >= 4 is 50.9 Å². The Bertz CT molecular complexity index is 1850. The van der Waals surface area contributed by atoms with E-state index in [1.165, 1.54) is 23.5 Å². The number of aliphatic hydroxyl groups excluding tert-OH is 1. The first-order valence-electron chi connectivity index (χ1n) is 12.7. The fraction of sp³-hybridized carbons (Fsp3) is 0.100. The molecule has 1 unspecified atom stereocenters. The Balaban J connectivity index is 1.30. The Kier molecular flexibility index (Phi) is 7.23. The van der Waals surface area contributed by atoms with E-state index in [9.17, 15) is 24.9 Å². The maximum absolute atomic E-state index is 13.8. The van der Waals surface area contributed by atoms with Gasteiger partial charge in [0.15, 0.2) is 5.84 Å². The number of amidine groups is 1. The minimum absolute atomic E-state index is 0.0211. The maximum atomic E-state index is 13.8. The van der Waals surface area contributed by atoms with Crippen LogP contribution in [0.5, 0.6) is 11.5 Å². The van der Waals surface area contributed by atoms with Gasteiger partial charge in [-0.3, -0.25) is 9.59 Å². The topological polar surface area (TPSA) is 136 Å². The Morgan fingerprint density at radius 2 is 1.73 bits per heavy atom. The van der Waals surface area contributed by atoms with Gasteiger partial charge in [0.1, 0.15) is 22.1 Å². The second-order valence-corrected chi connectivity index (χ2v) is 11.1. The molecule has 6 rings (SSSR count). The van der Waals surface area contributed by atoms with Crippen LogP contribution in [0.1, 0.15) is 33.2 Å². The van der Waals surface area contributed by atoms with E-state index in [0.717, 1.165) is 17.5 Å². The number of para-hydroxylation sites is 1. The summed E-state index contributed by atoms with van der Waals surface area (Å²) in [6, 6.07) is 22.9. The zero-order chi connectivity index (χ0) is 28.5. The minimum atomic E-state index is -0.946. The number of aromatic hydroxyl groups is 2. The molecule has 0 spiro atoms. The molecular weight excluding hydrogens is 560 g/mol. The average molecular weight is 585 g/mol. The lowest BCUT2D eigenvalue weighted by Crippen LogP contribution is -2.33. The summed E-state index contributed by atoms with van der Waals surface area (Å²) in [5.41, 5.74) is 2.15. The highest BCUT2D eigenvalue weighted by molar-refractivity contribution is 7.98. The van der Waals surface area contributed by atoms with Gasteiger partial charge in [0.25, 0.3) is 11.5 Å². The van der Waals surface area contributed by atoms with Crippen LogP contribution in [0.4, 0.5) is 5.00 Å². The number of amides is 1. The molecule has 41 heavy (non-hydrogen) atoms. The Morgan fingerprint density at radius 3 is 2.51 bits per heavy atom. The first-order chi connectivity index (χ1) is 19.9. The molecule has 0 aliphatic carbocycles. The molecule has 3 aromatic carbocycles. The Morgan fingerprint density at radius 1 is 1.00 bits per heavy atom. The fourth-order valence-corrected chi connectivity index (χ4v) is 6.53. The molecule has 9 nitrogen and oxygen atoms in total. The molecule has 11 heteroatoms. The number of phenols is 1. The summed E-state index contributed by atoms with van der Waals surface area (Å²) in [5, 5.41) is 36.5. The van der Waals surface area contributed by atoms with Crippen LogP contribution in [0.15, 0.2) is 98.9 Å². The number of nitrogens with zero attached hydrogens (tertiary/aromatic N) is 2. The fourth-order valence-electron chi connectivity index (χ4n) is 4.62. The third-order valence-electron chi connectivity index (χ3n) is 6.73. The third-order valence-corrected chi connectivity index (χ3v) is 8.65. The van der Waals surface area contributed by atoms with E-state index in [4.69, 9.17) is 0 Å². The van der Waals surface area contributed by atoms with Gasteiger partial charge < -0.3 is 29.9 Å². The van der Waals surface area contributed by atoms with E-state index in [1.54, 1.807) is 40.3 Å². The van der Waals surface area contributed by atoms with Crippen molar-refractivity contribution in [3.05, 3.63) is 117 Å². The number of pyridine rings is 1. The number of aliphatic hydroxyl groups is 1. The summed E-state index contributed by atoms with van der Waals surface area (Å²) in [6.07, 6.45) is -0.946. The number of thiophene rings is 1. The van der Waals surface area contributed by atoms with Crippen molar-refractivity contribution in [1.82, 2.24) is 14.6 Å². The molecule has 1 aliphatic heterocycles. The quantitative estimate of drug-likeness (QED) is 0.175. The largest absolute Gasteiger partial charge is 0.508 e. The second kappa shape index (κ2) is 11.1. The lowest BCUT2D eigenvalue weighted by Gasteiger charge is -2.19. The number of hydrogen-bond donors (Lipinski definition) is 5. The molecule has 1 aliphatic rings. The van der Waals surface area contributed by atoms with Gasteiger partial charge in [0.2, 0.25) is 0 Å². The van der Waals surface area contributed by atoms with E-state index in [1.807, 2.05) is 36.4 Å². The zero-order valence-electron chi connectivity index (χ0n) is 21.4. The summed E-state index contributed by atoms with van der Waals surface area (Å²) in [4.78, 5) is 32.0. The number of carbonyl (C=O) groups is 1. The van der Waals surface area contributed by atoms with Crippen LogP contribution >= 0.6 is 23.3 Å². The molecule has 0 radical (unpaired) electrons. The Labute approximate surface area is 242 Å². The zero-order valence-corrected chi connectivity index (χ0v) is 23.1. The van der Waals surface area contributed by atoms with E-state index in [2.05, 4.69) is 15.0 Å². The van der Waals surface area contributed by atoms with Gasteiger partial charge in [0, 0.05) is 17.3 Å². The summed E-state index contributed by atoms with van der Waals surface area (Å²) in [6.45, 7) is 0.297. The predicted octanol–water partition coefficient (Wildman–Crippen LogP) is 4.67. The van der Waals surface area contributed by atoms with Crippen molar-refractivity contribution in [2.75, 3.05) is 6.54 Å². The number of hydrogen-bond acceptors (Lipinski definition) is 9. The molecule has 5 aromatic rings. The number of fused-ring (bicyclic) bond motifs is 2. The highest BCUT2D eigenvalue weighted by atomic mass is 32.2. The molecule has 0 saturated heterocycles. The van der Waals surface area contributed by atoms with E-state index < -0.39 is 11.7 Å². The van der Waals surface area contributed by atoms with Gasteiger partial charge in [-0.05, 0) is 47.3 Å². The molecule has 206 valence electrons. The monoisotopic (exact) mass is 584 g/mol. The van der Waals surface area contributed by atoms with Crippen LogP contribution < -0.4 is 15.6 Å². The predicted molar refractivity (Wildman–Crippen MR) is 160 cm³/mol. The summed E-state index contributed by atoms with van der Waals surface area (Å²) < 4.78 is 4.68. The highest BCUT2D eigenvalue weighted by Gasteiger charge is 2.27. The van der Waals surface area contributed by atoms with E-state index in [-0.39, 0.29) is 35.4 Å². The summed E-state index contributed by atoms with van der Waals surface area (Å²) in [5.74, 6) is -0.254. The number of aromatic nitrogens is 1. The summed E-state index contributed by atoms with van der Waals surface area (Å²) in [7, 11) is 0. The van der Waals surface area contributed by atoms with Crippen LogP contribution in [-0.4, -0.2) is 38.2 Å². The SMILES string of the molecule is O=C(NCC(O)c1ccc(O)cc1)c1csc2c1SNC(c1c(O)c3ccccc3n(Cc3ccccc3)c1=O)=N2. The standard InChI is InChI=1S/C30H24N4O5S2/c35-19-12-10-18(11-13-19)23(36)14-31-28(38)21-16-40-29-26(21)41-33-27(32-29)24-25(37)20-8-4-5-9-22(20)34(30(24)39)15-17-6-2-1-3-7-17/h1-13,16,23,35-37H,14-15H2,(H,31,38)(H,32,33). The summed E-state index contributed by atoms with van der Waals surface area (Å²) >= 11 is 2.38. The first-order valence-corrected chi connectivity index (χ1v) is 14.4. The number of rotatable bonds is 7. The van der Waals surface area contributed by atoms with E-state index >= 15 is 0 Å². The van der Waals surface area contributed by atoms with Crippen LogP contribution in [0.25, 0.3) is 10.9 Å². The first kappa shape index (κ1) is 26.6. The average Bonchev–Trinajstić information content (AvgIpc) is 3.42. The second-order valence-electron chi connectivity index (χ2n) is 9.38. The van der Waals surface area contributed by atoms with Crippen molar-refractivity contribution < 1.29 is 20.1 Å².